The van der Waals surface area contributed by atoms with Gasteiger partial charge < -0.3 is 0 Å². The summed E-state index contributed by atoms with van der Waals surface area (Å²) >= 11 is -1.40. The molecule has 4 rings (SSSR count). The van der Waals surface area contributed by atoms with E-state index >= 15 is 0 Å². The Hall–Kier alpha value is 0.197. The summed E-state index contributed by atoms with van der Waals surface area (Å²) < 4.78 is 38.6. The zero-order valence-electron chi connectivity index (χ0n) is 29.0. The van der Waals surface area contributed by atoms with Crippen LogP contribution in [0.15, 0.2) is 0 Å². The molecule has 0 unspecified atom stereocenters. The predicted octanol–water partition coefficient (Wildman–Crippen LogP) is 11.1. The standard InChI is InChI=1S/C12H8O4S2.6C4H9.2Sn/c1-3-15-9-7(13-1)5-17-11(9)12-10-8(6-18-12)14-2-4-16-10;6*1-3-4-2;;/h1-4H2;6*1,3-4H2,2H3;;. The SMILES string of the molecule is CCC[CH2][Sn]([CH2]CCC)([CH2]CCC)[c]1sc(-c2s[c]([Sn]([CH2]CCC)([CH2]CCC)[CH2]CCC)c3c2OCCO3)c2c1OCCO2. The Morgan fingerprint density at radius 1 is 0.409 bits per heavy atom. The minimum atomic E-state index is -2.78. The molecule has 4 nitrogen and oxygen atoms in total. The second kappa shape index (κ2) is 18.7. The van der Waals surface area contributed by atoms with Gasteiger partial charge in [-0.15, -0.1) is 0 Å². The summed E-state index contributed by atoms with van der Waals surface area (Å²) in [6.45, 7) is 16.9. The van der Waals surface area contributed by atoms with Crippen molar-refractivity contribution in [2.45, 2.75) is 145 Å². The van der Waals surface area contributed by atoms with Crippen molar-refractivity contribution in [3.63, 3.8) is 0 Å². The summed E-state index contributed by atoms with van der Waals surface area (Å²) in [4.78, 5) is 2.61. The van der Waals surface area contributed by atoms with E-state index in [1.165, 1.54) is 113 Å². The van der Waals surface area contributed by atoms with E-state index < -0.39 is 36.8 Å². The number of rotatable bonds is 21. The molecule has 0 saturated carbocycles. The summed E-state index contributed by atoms with van der Waals surface area (Å²) in [6.07, 6.45) is 15.8. The Bertz CT molecular complexity index is 1010. The van der Waals surface area contributed by atoms with Crippen molar-refractivity contribution in [3.05, 3.63) is 0 Å². The van der Waals surface area contributed by atoms with Gasteiger partial charge in [0.15, 0.2) is 0 Å². The molecule has 0 aliphatic carbocycles. The van der Waals surface area contributed by atoms with Crippen LogP contribution in [-0.4, -0.2) is 63.2 Å². The summed E-state index contributed by atoms with van der Waals surface area (Å²) in [5, 5.41) is 0. The molecule has 44 heavy (non-hydrogen) atoms. The normalized spacial score (nSPS) is 14.8. The average Bonchev–Trinajstić information content (AvgIpc) is 3.64. The number of unbranched alkanes of at least 4 members (excludes halogenated alkanes) is 6. The van der Waals surface area contributed by atoms with Crippen molar-refractivity contribution in [2.75, 3.05) is 26.4 Å². The molecule has 0 bridgehead atoms. The summed E-state index contributed by atoms with van der Waals surface area (Å²) in [6, 6.07) is 0. The van der Waals surface area contributed by atoms with E-state index in [9.17, 15) is 0 Å². The molecule has 250 valence electrons. The Morgan fingerprint density at radius 2 is 0.659 bits per heavy atom. The zero-order valence-corrected chi connectivity index (χ0v) is 36.3. The fourth-order valence-corrected chi connectivity index (χ4v) is 49.0. The molecule has 0 N–H and O–H groups in total. The Morgan fingerprint density at radius 3 is 0.909 bits per heavy atom. The molecule has 0 aromatic carbocycles. The third-order valence-electron chi connectivity index (χ3n) is 10.0. The van der Waals surface area contributed by atoms with Crippen LogP contribution in [0.2, 0.25) is 26.6 Å². The van der Waals surface area contributed by atoms with Crippen molar-refractivity contribution >= 4 is 65.2 Å². The van der Waals surface area contributed by atoms with Gasteiger partial charge >= 0.3 is 289 Å². The van der Waals surface area contributed by atoms with E-state index in [4.69, 9.17) is 18.9 Å². The van der Waals surface area contributed by atoms with Crippen LogP contribution < -0.4 is 24.7 Å². The van der Waals surface area contributed by atoms with E-state index in [0.717, 1.165) is 23.0 Å². The first-order valence-electron chi connectivity index (χ1n) is 18.4. The van der Waals surface area contributed by atoms with Gasteiger partial charge in [-0.3, -0.25) is 0 Å². The van der Waals surface area contributed by atoms with Crippen LogP contribution in [-0.2, 0) is 0 Å². The molecular weight excluding hydrogens is 798 g/mol. The maximum atomic E-state index is 6.66. The van der Waals surface area contributed by atoms with E-state index in [2.05, 4.69) is 64.2 Å². The fraction of sp³-hybridized carbons (Fsp3) is 0.778. The maximum absolute atomic E-state index is 6.66. The van der Waals surface area contributed by atoms with Gasteiger partial charge in [0.2, 0.25) is 0 Å². The van der Waals surface area contributed by atoms with E-state index in [1.807, 2.05) is 0 Å². The van der Waals surface area contributed by atoms with Crippen LogP contribution in [0, 0.1) is 0 Å². The average molecular weight is 860 g/mol. The van der Waals surface area contributed by atoms with Gasteiger partial charge in [-0.05, 0) is 0 Å². The summed E-state index contributed by atoms with van der Waals surface area (Å²) in [7, 11) is 0. The fourth-order valence-electron chi connectivity index (χ4n) is 7.42. The molecule has 0 radical (unpaired) electrons. The number of hydrogen-bond donors (Lipinski definition) is 0. The molecule has 0 amide bonds. The van der Waals surface area contributed by atoms with E-state index in [1.54, 1.807) is 5.79 Å². The Balaban J connectivity index is 1.93. The Kier molecular flexibility index (Phi) is 15.7. The predicted molar refractivity (Wildman–Crippen MR) is 199 cm³/mol. The molecule has 0 spiro atoms. The topological polar surface area (TPSA) is 36.9 Å². The number of hydrogen-bond acceptors (Lipinski definition) is 6. The van der Waals surface area contributed by atoms with Gasteiger partial charge in [0, 0.05) is 0 Å². The first kappa shape index (κ1) is 37.0. The van der Waals surface area contributed by atoms with Crippen molar-refractivity contribution in [1.29, 1.82) is 0 Å². The van der Waals surface area contributed by atoms with Crippen molar-refractivity contribution in [3.8, 4) is 32.8 Å². The molecule has 8 heteroatoms. The third-order valence-corrected chi connectivity index (χ3v) is 48.9. The van der Waals surface area contributed by atoms with Crippen LogP contribution in [0.25, 0.3) is 9.75 Å². The first-order valence-corrected chi connectivity index (χ1v) is 35.0. The van der Waals surface area contributed by atoms with Crippen LogP contribution >= 0.6 is 22.7 Å². The van der Waals surface area contributed by atoms with Crippen molar-refractivity contribution in [2.24, 2.45) is 0 Å². The summed E-state index contributed by atoms with van der Waals surface area (Å²) in [5.41, 5.74) is 0. The van der Waals surface area contributed by atoms with Crippen molar-refractivity contribution in [1.82, 2.24) is 0 Å². The molecular formula is C36H62O4S2Sn2. The quantitative estimate of drug-likeness (QED) is 0.117. The van der Waals surface area contributed by atoms with Gasteiger partial charge in [0.1, 0.15) is 0 Å². The number of fused-ring (bicyclic) bond motifs is 2. The number of thiophene rings is 2. The molecule has 2 aromatic heterocycles. The third kappa shape index (κ3) is 8.43. The molecule has 2 aliphatic rings. The van der Waals surface area contributed by atoms with E-state index in [-0.39, 0.29) is 0 Å². The van der Waals surface area contributed by atoms with E-state index in [0.29, 0.717) is 26.4 Å². The van der Waals surface area contributed by atoms with Crippen LogP contribution in [0.5, 0.6) is 23.0 Å². The monoisotopic (exact) mass is 862 g/mol. The van der Waals surface area contributed by atoms with Gasteiger partial charge in [0.05, 0.1) is 0 Å². The molecule has 2 aromatic rings. The van der Waals surface area contributed by atoms with Gasteiger partial charge in [-0.25, -0.2) is 0 Å². The first-order chi connectivity index (χ1) is 21.5. The molecule has 0 saturated heterocycles. The minimum absolute atomic E-state index is 0.641. The molecule has 4 heterocycles. The van der Waals surface area contributed by atoms with Crippen LogP contribution in [0.3, 0.4) is 0 Å². The van der Waals surface area contributed by atoms with Gasteiger partial charge in [0.25, 0.3) is 0 Å². The molecule has 0 atom stereocenters. The summed E-state index contributed by atoms with van der Waals surface area (Å²) in [5.74, 6) is 4.38. The van der Waals surface area contributed by atoms with Crippen molar-refractivity contribution < 1.29 is 18.9 Å². The van der Waals surface area contributed by atoms with Crippen LogP contribution in [0.1, 0.15) is 119 Å². The number of ether oxygens (including phenoxy) is 4. The zero-order chi connectivity index (χ0) is 31.4. The Labute approximate surface area is 286 Å². The molecule has 2 aliphatic heterocycles. The second-order valence-electron chi connectivity index (χ2n) is 13.4. The molecule has 0 fully saturated rings. The van der Waals surface area contributed by atoms with Crippen LogP contribution in [0.4, 0.5) is 0 Å². The van der Waals surface area contributed by atoms with Gasteiger partial charge in [-0.1, -0.05) is 0 Å². The van der Waals surface area contributed by atoms with Gasteiger partial charge in [-0.2, -0.15) is 0 Å². The second-order valence-corrected chi connectivity index (χ2v) is 43.6.